The Morgan fingerprint density at radius 2 is 1.77 bits per heavy atom. The second-order valence-electron chi connectivity index (χ2n) is 6.74. The van der Waals surface area contributed by atoms with E-state index in [1.807, 2.05) is 47.4 Å². The number of nitrogens with zero attached hydrogens (tertiary/aromatic N) is 1. The molecular weight excluding hydrogens is 346 g/mol. The van der Waals surface area contributed by atoms with Crippen LogP contribution in [-0.2, 0) is 9.53 Å². The van der Waals surface area contributed by atoms with Gasteiger partial charge in [0.1, 0.15) is 6.10 Å². The second kappa shape index (κ2) is 9.20. The highest BCUT2D eigenvalue weighted by Gasteiger charge is 2.34. The molecule has 26 heavy (non-hydrogen) atoms. The van der Waals surface area contributed by atoms with Crippen molar-refractivity contribution < 1.29 is 9.53 Å². The Hall–Kier alpha value is -1.84. The van der Waals surface area contributed by atoms with E-state index in [-0.39, 0.29) is 18.1 Å². The van der Waals surface area contributed by atoms with E-state index in [1.54, 1.807) is 0 Å². The quantitative estimate of drug-likeness (QED) is 0.637. The Bertz CT molecular complexity index is 702. The lowest BCUT2D eigenvalue weighted by molar-refractivity contribution is -0.140. The van der Waals surface area contributed by atoms with Gasteiger partial charge in [0.05, 0.1) is 6.04 Å². The first-order valence-corrected chi connectivity index (χ1v) is 9.80. The molecule has 0 spiro atoms. The molecule has 1 heterocycles. The van der Waals surface area contributed by atoms with E-state index < -0.39 is 0 Å². The average molecular weight is 372 g/mol. The van der Waals surface area contributed by atoms with Gasteiger partial charge in [-0.25, -0.2) is 0 Å². The summed E-state index contributed by atoms with van der Waals surface area (Å²) in [6.07, 6.45) is 3.34. The minimum absolute atomic E-state index is 0.128. The summed E-state index contributed by atoms with van der Waals surface area (Å²) in [5.41, 5.74) is 2.16. The fourth-order valence-electron chi connectivity index (χ4n) is 3.56. The molecule has 0 aromatic heterocycles. The summed E-state index contributed by atoms with van der Waals surface area (Å²) < 4.78 is 6.30. The highest BCUT2D eigenvalue weighted by molar-refractivity contribution is 6.30. The first-order valence-electron chi connectivity index (χ1n) is 9.42. The monoisotopic (exact) mass is 371 g/mol. The highest BCUT2D eigenvalue weighted by Crippen LogP contribution is 2.39. The maximum Gasteiger partial charge on any atom is 0.223 e. The van der Waals surface area contributed by atoms with Gasteiger partial charge in [-0.05, 0) is 42.5 Å². The van der Waals surface area contributed by atoms with Crippen LogP contribution in [0.1, 0.15) is 55.9 Å². The average Bonchev–Trinajstić information content (AvgIpc) is 2.68. The van der Waals surface area contributed by atoms with Crippen molar-refractivity contribution in [1.82, 2.24) is 4.90 Å². The standard InChI is InChI=1S/C22H26ClNO2/c1-2-16-26-22(18-11-13-19(23)14-12-18)21(17-8-4-3-5-9-17)24-15-7-6-10-20(24)25/h3-5,8-9,11-14,21-22H,2,6-7,10,15-16H2,1H3/t21-,22+/m1/s1. The Balaban J connectivity index is 2.02. The van der Waals surface area contributed by atoms with Crippen molar-refractivity contribution in [2.24, 2.45) is 0 Å². The number of halogens is 1. The number of likely N-dealkylation sites (tertiary alicyclic amines) is 1. The van der Waals surface area contributed by atoms with E-state index in [0.29, 0.717) is 18.1 Å². The highest BCUT2D eigenvalue weighted by atomic mass is 35.5. The van der Waals surface area contributed by atoms with Gasteiger partial charge in [0, 0.05) is 24.6 Å². The number of rotatable bonds is 7. The van der Waals surface area contributed by atoms with E-state index in [4.69, 9.17) is 16.3 Å². The lowest BCUT2D eigenvalue weighted by atomic mass is 9.92. The first kappa shape index (κ1) is 18.9. The molecule has 2 aromatic rings. The zero-order valence-electron chi connectivity index (χ0n) is 15.2. The molecule has 2 aromatic carbocycles. The van der Waals surface area contributed by atoms with Crippen LogP contribution in [0, 0.1) is 0 Å². The fraction of sp³-hybridized carbons (Fsp3) is 0.409. The van der Waals surface area contributed by atoms with Crippen LogP contribution in [0.4, 0.5) is 0 Å². The van der Waals surface area contributed by atoms with Crippen LogP contribution in [0.3, 0.4) is 0 Å². The normalized spacial score (nSPS) is 17.2. The molecule has 2 atom stereocenters. The molecule has 1 fully saturated rings. The molecule has 0 N–H and O–H groups in total. The van der Waals surface area contributed by atoms with Gasteiger partial charge < -0.3 is 9.64 Å². The predicted molar refractivity (Wildman–Crippen MR) is 105 cm³/mol. The third-order valence-corrected chi connectivity index (χ3v) is 5.08. The topological polar surface area (TPSA) is 29.5 Å². The molecule has 1 saturated heterocycles. The van der Waals surface area contributed by atoms with Gasteiger partial charge >= 0.3 is 0 Å². The molecule has 3 nitrogen and oxygen atoms in total. The third-order valence-electron chi connectivity index (χ3n) is 4.82. The summed E-state index contributed by atoms with van der Waals surface area (Å²) in [6.45, 7) is 3.53. The van der Waals surface area contributed by atoms with E-state index >= 15 is 0 Å². The van der Waals surface area contributed by atoms with Gasteiger partial charge in [-0.15, -0.1) is 0 Å². The van der Waals surface area contributed by atoms with Crippen LogP contribution in [0.5, 0.6) is 0 Å². The zero-order chi connectivity index (χ0) is 18.4. The van der Waals surface area contributed by atoms with Crippen LogP contribution in [0.15, 0.2) is 54.6 Å². The zero-order valence-corrected chi connectivity index (χ0v) is 16.0. The van der Waals surface area contributed by atoms with Crippen molar-refractivity contribution in [3.05, 3.63) is 70.7 Å². The number of benzene rings is 2. The maximum atomic E-state index is 12.7. The van der Waals surface area contributed by atoms with Gasteiger partial charge in [0.25, 0.3) is 0 Å². The van der Waals surface area contributed by atoms with Gasteiger partial charge in [0.15, 0.2) is 0 Å². The van der Waals surface area contributed by atoms with Gasteiger partial charge in [-0.3, -0.25) is 4.79 Å². The minimum atomic E-state index is -0.211. The number of piperidine rings is 1. The number of carbonyl (C=O) groups is 1. The smallest absolute Gasteiger partial charge is 0.223 e. The number of hydrogen-bond donors (Lipinski definition) is 0. The van der Waals surface area contributed by atoms with Crippen molar-refractivity contribution in [2.45, 2.75) is 44.8 Å². The van der Waals surface area contributed by atoms with Gasteiger partial charge in [0.2, 0.25) is 5.91 Å². The second-order valence-corrected chi connectivity index (χ2v) is 7.18. The van der Waals surface area contributed by atoms with Crippen molar-refractivity contribution >= 4 is 17.5 Å². The lowest BCUT2D eigenvalue weighted by Gasteiger charge is -2.39. The molecule has 4 heteroatoms. The molecule has 138 valence electrons. The summed E-state index contributed by atoms with van der Waals surface area (Å²) >= 11 is 6.08. The largest absolute Gasteiger partial charge is 0.371 e. The van der Waals surface area contributed by atoms with Crippen molar-refractivity contribution in [3.63, 3.8) is 0 Å². The summed E-state index contributed by atoms with van der Waals surface area (Å²) in [7, 11) is 0. The van der Waals surface area contributed by atoms with Crippen LogP contribution >= 0.6 is 11.6 Å². The van der Waals surface area contributed by atoms with E-state index in [9.17, 15) is 4.79 Å². The van der Waals surface area contributed by atoms with Gasteiger partial charge in [-0.1, -0.05) is 61.0 Å². The Morgan fingerprint density at radius 1 is 1.04 bits per heavy atom. The van der Waals surface area contributed by atoms with Crippen LogP contribution in [0.2, 0.25) is 5.02 Å². The third kappa shape index (κ3) is 4.46. The molecule has 1 aliphatic heterocycles. The Morgan fingerprint density at radius 3 is 2.42 bits per heavy atom. The number of carbonyl (C=O) groups excluding carboxylic acids is 1. The fourth-order valence-corrected chi connectivity index (χ4v) is 3.68. The SMILES string of the molecule is CCCO[C@@H](c1ccc(Cl)cc1)[C@@H](c1ccccc1)N1CCCCC1=O. The molecular formula is C22H26ClNO2. The van der Waals surface area contributed by atoms with Crippen LogP contribution < -0.4 is 0 Å². The van der Waals surface area contributed by atoms with Crippen LogP contribution in [0.25, 0.3) is 0 Å². The number of amides is 1. The molecule has 0 bridgehead atoms. The minimum Gasteiger partial charge on any atom is -0.371 e. The van der Waals surface area contributed by atoms with Crippen molar-refractivity contribution in [3.8, 4) is 0 Å². The predicted octanol–water partition coefficient (Wildman–Crippen LogP) is 5.56. The van der Waals surface area contributed by atoms with Gasteiger partial charge in [-0.2, -0.15) is 0 Å². The van der Waals surface area contributed by atoms with E-state index in [1.165, 1.54) is 0 Å². The van der Waals surface area contributed by atoms with E-state index in [2.05, 4.69) is 19.1 Å². The summed E-state index contributed by atoms with van der Waals surface area (Å²) in [4.78, 5) is 14.7. The van der Waals surface area contributed by atoms with Crippen molar-refractivity contribution in [1.29, 1.82) is 0 Å². The molecule has 1 amide bonds. The molecule has 3 rings (SSSR count). The van der Waals surface area contributed by atoms with E-state index in [0.717, 1.165) is 36.9 Å². The first-order chi connectivity index (χ1) is 12.7. The molecule has 0 aliphatic carbocycles. The molecule has 1 aliphatic rings. The lowest BCUT2D eigenvalue weighted by Crippen LogP contribution is -2.41. The number of ether oxygens (including phenoxy) is 1. The Labute approximate surface area is 160 Å². The number of hydrogen-bond acceptors (Lipinski definition) is 2. The molecule has 0 radical (unpaired) electrons. The van der Waals surface area contributed by atoms with Crippen LogP contribution in [-0.4, -0.2) is 24.0 Å². The molecule has 0 unspecified atom stereocenters. The molecule has 0 saturated carbocycles. The maximum absolute atomic E-state index is 12.7. The summed E-state index contributed by atoms with van der Waals surface area (Å²) in [5, 5.41) is 0.702. The Kier molecular flexibility index (Phi) is 6.70. The summed E-state index contributed by atoms with van der Waals surface area (Å²) in [5.74, 6) is 0.212. The summed E-state index contributed by atoms with van der Waals surface area (Å²) in [6, 6.07) is 17.9. The van der Waals surface area contributed by atoms with Crippen molar-refractivity contribution in [2.75, 3.05) is 13.2 Å².